The Balaban J connectivity index is 1.82. The van der Waals surface area contributed by atoms with Gasteiger partial charge in [0.2, 0.25) is 5.91 Å². The minimum atomic E-state index is -4.54. The number of halogens is 3. The fourth-order valence-corrected chi connectivity index (χ4v) is 3.55. The van der Waals surface area contributed by atoms with E-state index in [0.29, 0.717) is 5.00 Å². The van der Waals surface area contributed by atoms with E-state index in [9.17, 15) is 23.2 Å². The van der Waals surface area contributed by atoms with Crippen LogP contribution in [0, 0.1) is 11.3 Å². The zero-order valence-corrected chi connectivity index (χ0v) is 14.6. The summed E-state index contributed by atoms with van der Waals surface area (Å²) in [7, 11) is 0. The van der Waals surface area contributed by atoms with Crippen LogP contribution in [0.3, 0.4) is 0 Å². The summed E-state index contributed by atoms with van der Waals surface area (Å²) in [4.78, 5) is 17.0. The monoisotopic (exact) mass is 387 g/mol. The predicted molar refractivity (Wildman–Crippen MR) is 96.0 cm³/mol. The largest absolute Gasteiger partial charge is 0.416 e. The first-order valence-corrected chi connectivity index (χ1v) is 8.59. The Kier molecular flexibility index (Phi) is 5.23. The van der Waals surface area contributed by atoms with Crippen LogP contribution in [0.4, 0.5) is 18.2 Å². The summed E-state index contributed by atoms with van der Waals surface area (Å²) in [6.45, 7) is 0. The third kappa shape index (κ3) is 4.33. The molecule has 2 aromatic heterocycles. The number of aromatic nitrogens is 1. The van der Waals surface area contributed by atoms with Crippen LogP contribution in [0.1, 0.15) is 16.7 Å². The molecule has 0 fully saturated rings. The molecule has 3 aromatic rings. The highest BCUT2D eigenvalue weighted by molar-refractivity contribution is 7.19. The van der Waals surface area contributed by atoms with Crippen molar-refractivity contribution in [2.45, 2.75) is 12.6 Å². The molecule has 27 heavy (non-hydrogen) atoms. The maximum atomic E-state index is 13.1. The van der Waals surface area contributed by atoms with Gasteiger partial charge in [0.05, 0.1) is 17.5 Å². The zero-order valence-electron chi connectivity index (χ0n) is 13.7. The molecule has 0 bridgehead atoms. The smallest absolute Gasteiger partial charge is 0.316 e. The molecular weight excluding hydrogens is 375 g/mol. The van der Waals surface area contributed by atoms with Gasteiger partial charge in [-0.25, -0.2) is 0 Å². The van der Waals surface area contributed by atoms with Crippen molar-refractivity contribution in [3.8, 4) is 16.5 Å². The summed E-state index contributed by atoms with van der Waals surface area (Å²) in [6.07, 6.45) is -1.77. The van der Waals surface area contributed by atoms with E-state index in [2.05, 4.69) is 10.3 Å². The summed E-state index contributed by atoms with van der Waals surface area (Å²) < 4.78 is 39.2. The van der Waals surface area contributed by atoms with Gasteiger partial charge in [0.25, 0.3) is 0 Å². The average molecular weight is 387 g/mol. The number of alkyl halides is 3. The Morgan fingerprint density at radius 1 is 1.19 bits per heavy atom. The SMILES string of the molecule is N#Cc1cc(-c2ccncc2)sc1NC(=O)Cc1ccccc1C(F)(F)F. The number of carbonyl (C=O) groups excluding carboxylic acids is 1. The number of nitrogens with one attached hydrogen (secondary N) is 1. The molecule has 3 rings (SSSR count). The number of nitrogens with zero attached hydrogens (tertiary/aromatic N) is 2. The zero-order chi connectivity index (χ0) is 19.4. The number of pyridine rings is 1. The first-order valence-electron chi connectivity index (χ1n) is 7.78. The van der Waals surface area contributed by atoms with Crippen LogP contribution in [0.2, 0.25) is 0 Å². The molecule has 1 amide bonds. The van der Waals surface area contributed by atoms with E-state index in [4.69, 9.17) is 0 Å². The van der Waals surface area contributed by atoms with E-state index >= 15 is 0 Å². The quantitative estimate of drug-likeness (QED) is 0.694. The Hall–Kier alpha value is -3.18. The highest BCUT2D eigenvalue weighted by Gasteiger charge is 2.33. The van der Waals surface area contributed by atoms with Gasteiger partial charge in [0.15, 0.2) is 0 Å². The lowest BCUT2D eigenvalue weighted by Gasteiger charge is -2.12. The first kappa shape index (κ1) is 18.6. The van der Waals surface area contributed by atoms with Crippen molar-refractivity contribution in [1.82, 2.24) is 4.98 Å². The minimum Gasteiger partial charge on any atom is -0.316 e. The number of benzene rings is 1. The highest BCUT2D eigenvalue weighted by atomic mass is 32.1. The fourth-order valence-electron chi connectivity index (χ4n) is 2.52. The van der Waals surface area contributed by atoms with Gasteiger partial charge < -0.3 is 5.32 Å². The number of nitriles is 1. The second kappa shape index (κ2) is 7.60. The Bertz CT molecular complexity index is 1010. The number of anilines is 1. The normalized spacial score (nSPS) is 11.0. The maximum Gasteiger partial charge on any atom is 0.416 e. The summed E-state index contributed by atoms with van der Waals surface area (Å²) in [5, 5.41) is 12.1. The molecule has 1 aromatic carbocycles. The van der Waals surface area contributed by atoms with E-state index in [1.54, 1.807) is 30.6 Å². The van der Waals surface area contributed by atoms with Crippen LogP contribution in [0.25, 0.3) is 10.4 Å². The third-order valence-electron chi connectivity index (χ3n) is 3.74. The Labute approximate surface area is 156 Å². The molecule has 1 N–H and O–H groups in total. The number of rotatable bonds is 4. The van der Waals surface area contributed by atoms with Crippen LogP contribution in [-0.4, -0.2) is 10.9 Å². The van der Waals surface area contributed by atoms with Crippen molar-refractivity contribution in [3.05, 3.63) is 71.5 Å². The third-order valence-corrected chi connectivity index (χ3v) is 4.84. The van der Waals surface area contributed by atoms with E-state index in [1.807, 2.05) is 6.07 Å². The lowest BCUT2D eigenvalue weighted by Crippen LogP contribution is -2.17. The van der Waals surface area contributed by atoms with Crippen molar-refractivity contribution >= 4 is 22.2 Å². The molecular formula is C19H12F3N3OS. The lowest BCUT2D eigenvalue weighted by molar-refractivity contribution is -0.138. The van der Waals surface area contributed by atoms with Gasteiger partial charge in [-0.15, -0.1) is 11.3 Å². The topological polar surface area (TPSA) is 65.8 Å². The Morgan fingerprint density at radius 2 is 1.89 bits per heavy atom. The van der Waals surface area contributed by atoms with Gasteiger partial charge in [-0.1, -0.05) is 18.2 Å². The van der Waals surface area contributed by atoms with Crippen molar-refractivity contribution in [1.29, 1.82) is 5.26 Å². The molecule has 0 spiro atoms. The molecule has 0 aliphatic heterocycles. The molecule has 136 valence electrons. The number of hydrogen-bond acceptors (Lipinski definition) is 4. The molecule has 0 atom stereocenters. The summed E-state index contributed by atoms with van der Waals surface area (Å²) in [6, 6.07) is 12.1. The molecule has 4 nitrogen and oxygen atoms in total. The summed E-state index contributed by atoms with van der Waals surface area (Å²) in [5.74, 6) is -0.619. The molecule has 0 aliphatic rings. The standard InChI is InChI=1S/C19H12F3N3OS/c20-19(21,22)15-4-2-1-3-13(15)10-17(26)25-18-14(11-23)9-16(27-18)12-5-7-24-8-6-12/h1-9H,10H2,(H,25,26). The molecule has 0 aliphatic carbocycles. The van der Waals surface area contributed by atoms with Crippen LogP contribution in [0.15, 0.2) is 54.9 Å². The number of thiophene rings is 1. The van der Waals surface area contributed by atoms with Gasteiger partial charge in [0.1, 0.15) is 11.1 Å². The number of hydrogen-bond donors (Lipinski definition) is 1. The first-order chi connectivity index (χ1) is 12.9. The Morgan fingerprint density at radius 3 is 2.56 bits per heavy atom. The predicted octanol–water partition coefficient (Wildman–Crippen LogP) is 4.88. The van der Waals surface area contributed by atoms with Crippen LogP contribution in [-0.2, 0) is 17.4 Å². The molecule has 0 radical (unpaired) electrons. The molecule has 0 saturated heterocycles. The van der Waals surface area contributed by atoms with Crippen LogP contribution < -0.4 is 5.32 Å². The van der Waals surface area contributed by atoms with Gasteiger partial charge in [-0.05, 0) is 35.4 Å². The summed E-state index contributed by atoms with van der Waals surface area (Å²) in [5.41, 5.74) is 0.120. The second-order valence-electron chi connectivity index (χ2n) is 5.58. The van der Waals surface area contributed by atoms with Crippen molar-refractivity contribution in [3.63, 3.8) is 0 Å². The average Bonchev–Trinajstić information content (AvgIpc) is 3.04. The van der Waals surface area contributed by atoms with Gasteiger partial charge in [-0.2, -0.15) is 18.4 Å². The van der Waals surface area contributed by atoms with Gasteiger partial charge in [0, 0.05) is 17.3 Å². The lowest BCUT2D eigenvalue weighted by atomic mass is 10.0. The van der Waals surface area contributed by atoms with Crippen LogP contribution in [0.5, 0.6) is 0 Å². The van der Waals surface area contributed by atoms with Crippen LogP contribution >= 0.6 is 11.3 Å². The van der Waals surface area contributed by atoms with Gasteiger partial charge >= 0.3 is 6.18 Å². The van der Waals surface area contributed by atoms with E-state index in [1.165, 1.54) is 29.5 Å². The number of amides is 1. The van der Waals surface area contributed by atoms with Gasteiger partial charge in [-0.3, -0.25) is 9.78 Å². The van der Waals surface area contributed by atoms with E-state index in [-0.39, 0.29) is 11.1 Å². The summed E-state index contributed by atoms with van der Waals surface area (Å²) >= 11 is 1.18. The van der Waals surface area contributed by atoms with E-state index in [0.717, 1.165) is 16.5 Å². The molecule has 8 heteroatoms. The molecule has 0 unspecified atom stereocenters. The van der Waals surface area contributed by atoms with Crippen molar-refractivity contribution < 1.29 is 18.0 Å². The maximum absolute atomic E-state index is 13.1. The van der Waals surface area contributed by atoms with E-state index < -0.39 is 24.1 Å². The number of carbonyl (C=O) groups is 1. The minimum absolute atomic E-state index is 0.119. The second-order valence-corrected chi connectivity index (χ2v) is 6.63. The van der Waals surface area contributed by atoms with Crippen molar-refractivity contribution in [2.75, 3.05) is 5.32 Å². The molecule has 2 heterocycles. The van der Waals surface area contributed by atoms with Crippen molar-refractivity contribution in [2.24, 2.45) is 0 Å². The fraction of sp³-hybridized carbons (Fsp3) is 0.105. The highest BCUT2D eigenvalue weighted by Crippen LogP contribution is 2.35. The molecule has 0 saturated carbocycles.